The van der Waals surface area contributed by atoms with E-state index in [4.69, 9.17) is 9.88 Å². The molecule has 1 atom stereocenters. The summed E-state index contributed by atoms with van der Waals surface area (Å²) in [7, 11) is -3.80. The first-order valence-electron chi connectivity index (χ1n) is 9.42. The van der Waals surface area contributed by atoms with Crippen molar-refractivity contribution in [1.29, 1.82) is 0 Å². The van der Waals surface area contributed by atoms with E-state index in [1.807, 2.05) is 0 Å². The number of amidine groups is 1. The van der Waals surface area contributed by atoms with Crippen molar-refractivity contribution < 1.29 is 27.5 Å². The Balaban J connectivity index is 1.57. The molecule has 168 valence electrons. The van der Waals surface area contributed by atoms with E-state index >= 15 is 0 Å². The molecule has 1 heterocycles. The maximum atomic E-state index is 12.3. The molecule has 0 bridgehead atoms. The van der Waals surface area contributed by atoms with E-state index in [-0.39, 0.29) is 29.7 Å². The van der Waals surface area contributed by atoms with Crippen LogP contribution in [0.25, 0.3) is 0 Å². The van der Waals surface area contributed by atoms with E-state index in [2.05, 4.69) is 15.6 Å². The zero-order chi connectivity index (χ0) is 23.3. The summed E-state index contributed by atoms with van der Waals surface area (Å²) in [6.07, 6.45) is -0.0838. The summed E-state index contributed by atoms with van der Waals surface area (Å²) < 4.78 is 27.5. The highest BCUT2D eigenvalue weighted by molar-refractivity contribution is 8.15. The van der Waals surface area contributed by atoms with Gasteiger partial charge in [-0.1, -0.05) is 11.8 Å². The lowest BCUT2D eigenvalue weighted by molar-refractivity contribution is -0.122. The highest BCUT2D eigenvalue weighted by Gasteiger charge is 2.32. The third-order valence-electron chi connectivity index (χ3n) is 4.22. The van der Waals surface area contributed by atoms with Crippen LogP contribution in [-0.4, -0.2) is 43.2 Å². The fourth-order valence-corrected chi connectivity index (χ4v) is 4.21. The molecule has 0 saturated carbocycles. The van der Waals surface area contributed by atoms with Crippen LogP contribution in [0.15, 0.2) is 58.4 Å². The molecular formula is C20H20N4O6S2. The number of hydrogen-bond acceptors (Lipinski definition) is 8. The van der Waals surface area contributed by atoms with Gasteiger partial charge < -0.3 is 15.4 Å². The SMILES string of the molecule is CCOC(=O)c1ccc(NC(=O)C[C@@H]2SC(=Nc3ccc(S(N)(=O)=O)cc3)NC2=O)cc1. The molecule has 0 radical (unpaired) electrons. The van der Waals surface area contributed by atoms with E-state index in [1.54, 1.807) is 19.1 Å². The van der Waals surface area contributed by atoms with E-state index in [0.29, 0.717) is 22.1 Å². The Bertz CT molecular complexity index is 1160. The summed E-state index contributed by atoms with van der Waals surface area (Å²) in [5, 5.41) is 9.97. The second-order valence-electron chi connectivity index (χ2n) is 6.60. The van der Waals surface area contributed by atoms with Crippen molar-refractivity contribution in [2.75, 3.05) is 11.9 Å². The lowest BCUT2D eigenvalue weighted by Gasteiger charge is -2.08. The number of carbonyl (C=O) groups is 3. The molecule has 1 aliphatic rings. The minimum absolute atomic E-state index is 0.0469. The van der Waals surface area contributed by atoms with E-state index < -0.39 is 21.2 Å². The van der Waals surface area contributed by atoms with Gasteiger partial charge in [-0.2, -0.15) is 0 Å². The zero-order valence-corrected chi connectivity index (χ0v) is 18.5. The number of sulfonamides is 1. The molecule has 1 fully saturated rings. The maximum absolute atomic E-state index is 12.3. The summed E-state index contributed by atoms with van der Waals surface area (Å²) in [4.78, 5) is 40.4. The molecule has 3 rings (SSSR count). The molecule has 2 aromatic rings. The molecule has 2 aromatic carbocycles. The van der Waals surface area contributed by atoms with Gasteiger partial charge in [0.05, 0.1) is 22.8 Å². The van der Waals surface area contributed by atoms with Gasteiger partial charge in [0.1, 0.15) is 5.25 Å². The van der Waals surface area contributed by atoms with Crippen molar-refractivity contribution in [3.63, 3.8) is 0 Å². The van der Waals surface area contributed by atoms with Gasteiger partial charge in [0.25, 0.3) is 0 Å². The fraction of sp³-hybridized carbons (Fsp3) is 0.200. The Hall–Kier alpha value is -3.22. The standard InChI is InChI=1S/C20H20N4O6S2/c1-2-30-19(27)12-3-5-13(6-4-12)22-17(25)11-16-18(26)24-20(31-16)23-14-7-9-15(10-8-14)32(21,28)29/h3-10,16H,2,11H2,1H3,(H,22,25)(H2,21,28,29)(H,23,24,26)/t16-/m0/s1. The summed E-state index contributed by atoms with van der Waals surface area (Å²) in [6.45, 7) is 1.98. The Morgan fingerprint density at radius 1 is 1.16 bits per heavy atom. The third-order valence-corrected chi connectivity index (χ3v) is 6.23. The molecular weight excluding hydrogens is 456 g/mol. The monoisotopic (exact) mass is 476 g/mol. The zero-order valence-electron chi connectivity index (χ0n) is 16.9. The predicted molar refractivity (Wildman–Crippen MR) is 120 cm³/mol. The molecule has 32 heavy (non-hydrogen) atoms. The molecule has 0 aliphatic carbocycles. The summed E-state index contributed by atoms with van der Waals surface area (Å²) in [6, 6.07) is 11.8. The number of hydrogen-bond donors (Lipinski definition) is 3. The van der Waals surface area contributed by atoms with Crippen LogP contribution in [0.5, 0.6) is 0 Å². The van der Waals surface area contributed by atoms with Crippen LogP contribution in [0.3, 0.4) is 0 Å². The lowest BCUT2D eigenvalue weighted by atomic mass is 10.2. The van der Waals surface area contributed by atoms with Gasteiger partial charge >= 0.3 is 5.97 Å². The van der Waals surface area contributed by atoms with Gasteiger partial charge in [0.15, 0.2) is 5.17 Å². The van der Waals surface area contributed by atoms with Crippen molar-refractivity contribution >= 4 is 56.1 Å². The van der Waals surface area contributed by atoms with Gasteiger partial charge in [0, 0.05) is 12.1 Å². The summed E-state index contributed by atoms with van der Waals surface area (Å²) in [5.41, 5.74) is 1.27. The Morgan fingerprint density at radius 2 is 1.81 bits per heavy atom. The Morgan fingerprint density at radius 3 is 2.41 bits per heavy atom. The molecule has 0 aromatic heterocycles. The second kappa shape index (κ2) is 9.94. The van der Waals surface area contributed by atoms with Gasteiger partial charge in [-0.25, -0.2) is 23.3 Å². The molecule has 0 spiro atoms. The number of esters is 1. The number of nitrogens with zero attached hydrogens (tertiary/aromatic N) is 1. The number of rotatable bonds is 7. The number of ether oxygens (including phenoxy) is 1. The fourth-order valence-electron chi connectivity index (χ4n) is 2.70. The lowest BCUT2D eigenvalue weighted by Crippen LogP contribution is -2.28. The number of nitrogens with two attached hydrogens (primary N) is 1. The minimum Gasteiger partial charge on any atom is -0.462 e. The molecule has 0 unspecified atom stereocenters. The predicted octanol–water partition coefficient (Wildman–Crippen LogP) is 1.76. The summed E-state index contributed by atoms with van der Waals surface area (Å²) in [5.74, 6) is -1.18. The highest BCUT2D eigenvalue weighted by Crippen LogP contribution is 2.26. The Kier molecular flexibility index (Phi) is 7.28. The number of benzene rings is 2. The third kappa shape index (κ3) is 6.15. The molecule has 12 heteroatoms. The topological polar surface area (TPSA) is 157 Å². The van der Waals surface area contributed by atoms with Gasteiger partial charge in [-0.15, -0.1) is 0 Å². The van der Waals surface area contributed by atoms with Crippen molar-refractivity contribution in [2.45, 2.75) is 23.5 Å². The number of nitrogens with one attached hydrogen (secondary N) is 2. The van der Waals surface area contributed by atoms with Crippen LogP contribution >= 0.6 is 11.8 Å². The quantitative estimate of drug-likeness (QED) is 0.514. The average molecular weight is 477 g/mol. The van der Waals surface area contributed by atoms with Crippen molar-refractivity contribution in [2.24, 2.45) is 10.1 Å². The summed E-state index contributed by atoms with van der Waals surface area (Å²) >= 11 is 1.10. The number of primary sulfonamides is 1. The second-order valence-corrected chi connectivity index (χ2v) is 9.35. The van der Waals surface area contributed by atoms with E-state index in [9.17, 15) is 22.8 Å². The Labute approximate surface area is 188 Å². The van der Waals surface area contributed by atoms with Crippen LogP contribution in [0.2, 0.25) is 0 Å². The number of aliphatic imine (C=N–C) groups is 1. The van der Waals surface area contributed by atoms with Crippen LogP contribution in [0.1, 0.15) is 23.7 Å². The van der Waals surface area contributed by atoms with Crippen molar-refractivity contribution in [3.05, 3.63) is 54.1 Å². The van der Waals surface area contributed by atoms with Crippen molar-refractivity contribution in [1.82, 2.24) is 5.32 Å². The van der Waals surface area contributed by atoms with Crippen LogP contribution in [0.4, 0.5) is 11.4 Å². The smallest absolute Gasteiger partial charge is 0.338 e. The van der Waals surface area contributed by atoms with Crippen LogP contribution in [0, 0.1) is 0 Å². The molecule has 2 amide bonds. The molecule has 10 nitrogen and oxygen atoms in total. The first-order valence-corrected chi connectivity index (χ1v) is 11.8. The van der Waals surface area contributed by atoms with Gasteiger partial charge in [-0.05, 0) is 55.5 Å². The first-order chi connectivity index (χ1) is 15.2. The van der Waals surface area contributed by atoms with E-state index in [1.165, 1.54) is 36.4 Å². The van der Waals surface area contributed by atoms with E-state index in [0.717, 1.165) is 11.8 Å². The van der Waals surface area contributed by atoms with Crippen molar-refractivity contribution in [3.8, 4) is 0 Å². The van der Waals surface area contributed by atoms with Gasteiger partial charge in [-0.3, -0.25) is 9.59 Å². The number of anilines is 1. The normalized spacial score (nSPS) is 17.1. The average Bonchev–Trinajstić information content (AvgIpc) is 3.07. The van der Waals surface area contributed by atoms with Gasteiger partial charge in [0.2, 0.25) is 21.8 Å². The number of amides is 2. The molecule has 1 saturated heterocycles. The molecule has 1 aliphatic heterocycles. The highest BCUT2D eigenvalue weighted by atomic mass is 32.2. The van der Waals surface area contributed by atoms with Crippen LogP contribution in [-0.2, 0) is 24.3 Å². The minimum atomic E-state index is -3.80. The number of thioether (sulfide) groups is 1. The maximum Gasteiger partial charge on any atom is 0.338 e. The largest absolute Gasteiger partial charge is 0.462 e. The number of carbonyl (C=O) groups excluding carboxylic acids is 3. The van der Waals surface area contributed by atoms with Crippen LogP contribution < -0.4 is 15.8 Å². The molecule has 4 N–H and O–H groups in total. The first kappa shape index (κ1) is 23.4.